The van der Waals surface area contributed by atoms with Gasteiger partial charge < -0.3 is 14.7 Å². The molecule has 3 nitrogen and oxygen atoms in total. The van der Waals surface area contributed by atoms with Crippen LogP contribution in [0.25, 0.3) is 0 Å². The largest absolute Gasteiger partial charge is 0.871 e. The molecule has 0 atom stereocenters. The Labute approximate surface area is 103 Å². The molecule has 0 aliphatic carbocycles. The minimum Gasteiger partial charge on any atom is -0.871 e. The Kier molecular flexibility index (Phi) is 4.18. The first-order chi connectivity index (χ1) is 8.52. The molecule has 0 saturated carbocycles. The second-order valence-electron chi connectivity index (χ2n) is 3.45. The van der Waals surface area contributed by atoms with Gasteiger partial charge in [0.25, 0.3) is 5.60 Å². The SMILES string of the molecule is [O-]B([O-])OC(c1ccccc1)(C(F)(F)F)C(F)(F)F. The molecule has 0 radical (unpaired) electrons. The van der Waals surface area contributed by atoms with Gasteiger partial charge in [0.05, 0.1) is 7.32 Å². The quantitative estimate of drug-likeness (QED) is 0.608. The number of rotatable bonds is 3. The lowest BCUT2D eigenvalue weighted by atomic mass is 9.90. The fourth-order valence-electron chi connectivity index (χ4n) is 1.51. The van der Waals surface area contributed by atoms with Crippen LogP contribution in [-0.4, -0.2) is 19.7 Å². The molecule has 0 spiro atoms. The molecule has 0 saturated heterocycles. The predicted octanol–water partition coefficient (Wildman–Crippen LogP) is 0.729. The van der Waals surface area contributed by atoms with E-state index < -0.39 is 30.8 Å². The topological polar surface area (TPSA) is 55.3 Å². The lowest BCUT2D eigenvalue weighted by Gasteiger charge is -2.44. The second kappa shape index (κ2) is 5.02. The molecule has 1 aromatic carbocycles. The molecule has 0 aliphatic rings. The molecular weight excluding hydrogens is 281 g/mol. The standard InChI is InChI=1S/C9H5BF6O3/c11-8(12,13)7(9(14,15)16,19-10(17)18)6-4-2-1-3-5-6/h1-5H/q-2. The van der Waals surface area contributed by atoms with Gasteiger partial charge in [-0.15, -0.1) is 0 Å². The number of benzene rings is 1. The maximum Gasteiger partial charge on any atom is 0.429 e. The molecule has 1 rings (SSSR count). The first-order valence-electron chi connectivity index (χ1n) is 4.71. The van der Waals surface area contributed by atoms with E-state index in [1.807, 2.05) is 0 Å². The average Bonchev–Trinajstić information content (AvgIpc) is 2.23. The molecule has 0 unspecified atom stereocenters. The summed E-state index contributed by atoms with van der Waals surface area (Å²) >= 11 is 0. The van der Waals surface area contributed by atoms with Gasteiger partial charge in [0, 0.05) is 5.56 Å². The minimum atomic E-state index is -6.01. The van der Waals surface area contributed by atoms with Gasteiger partial charge in [-0.25, -0.2) is 0 Å². The van der Waals surface area contributed by atoms with Crippen molar-refractivity contribution >= 4 is 7.32 Å². The second-order valence-corrected chi connectivity index (χ2v) is 3.45. The van der Waals surface area contributed by atoms with Crippen molar-refractivity contribution in [2.24, 2.45) is 0 Å². The van der Waals surface area contributed by atoms with E-state index in [4.69, 9.17) is 0 Å². The summed E-state index contributed by atoms with van der Waals surface area (Å²) in [6.45, 7) is 0. The first kappa shape index (κ1) is 15.8. The lowest BCUT2D eigenvalue weighted by Crippen LogP contribution is -2.63. The third-order valence-corrected chi connectivity index (χ3v) is 2.25. The van der Waals surface area contributed by atoms with Crippen LogP contribution in [0.15, 0.2) is 30.3 Å². The van der Waals surface area contributed by atoms with E-state index in [0.29, 0.717) is 12.1 Å². The zero-order chi connectivity index (χ0) is 14.9. The molecule has 0 heterocycles. The van der Waals surface area contributed by atoms with Gasteiger partial charge in [0.15, 0.2) is 0 Å². The smallest absolute Gasteiger partial charge is 0.429 e. The van der Waals surface area contributed by atoms with E-state index in [2.05, 4.69) is 4.65 Å². The highest BCUT2D eigenvalue weighted by atomic mass is 19.4. The zero-order valence-corrected chi connectivity index (χ0v) is 8.96. The van der Waals surface area contributed by atoms with E-state index in [-0.39, 0.29) is 0 Å². The van der Waals surface area contributed by atoms with Gasteiger partial charge in [-0.1, -0.05) is 30.3 Å². The summed E-state index contributed by atoms with van der Waals surface area (Å²) in [4.78, 5) is 0. The molecule has 0 N–H and O–H groups in total. The highest BCUT2D eigenvalue weighted by molar-refractivity contribution is 6.28. The summed E-state index contributed by atoms with van der Waals surface area (Å²) in [6, 6.07) is 3.92. The Morgan fingerprint density at radius 2 is 1.26 bits per heavy atom. The van der Waals surface area contributed by atoms with Gasteiger partial charge in [0.2, 0.25) is 0 Å². The van der Waals surface area contributed by atoms with Crippen LogP contribution >= 0.6 is 0 Å². The van der Waals surface area contributed by atoms with Crippen LogP contribution in [0.4, 0.5) is 26.3 Å². The highest BCUT2D eigenvalue weighted by Gasteiger charge is 2.72. The van der Waals surface area contributed by atoms with Crippen LogP contribution in [-0.2, 0) is 10.3 Å². The van der Waals surface area contributed by atoms with Crippen molar-refractivity contribution < 1.29 is 41.0 Å². The molecular formula is C9H5BF6O3-2. The Bertz CT molecular complexity index is 402. The molecule has 19 heavy (non-hydrogen) atoms. The van der Waals surface area contributed by atoms with Crippen molar-refractivity contribution in [1.29, 1.82) is 0 Å². The maximum atomic E-state index is 12.8. The van der Waals surface area contributed by atoms with E-state index >= 15 is 0 Å². The van der Waals surface area contributed by atoms with E-state index in [0.717, 1.165) is 12.1 Å². The van der Waals surface area contributed by atoms with Crippen molar-refractivity contribution in [3.8, 4) is 0 Å². The molecule has 10 heteroatoms. The minimum absolute atomic E-state index is 0.476. The van der Waals surface area contributed by atoms with E-state index in [1.165, 1.54) is 6.07 Å². The maximum absolute atomic E-state index is 12.8. The van der Waals surface area contributed by atoms with Crippen LogP contribution in [0.3, 0.4) is 0 Å². The van der Waals surface area contributed by atoms with Crippen molar-refractivity contribution in [3.63, 3.8) is 0 Å². The van der Waals surface area contributed by atoms with E-state index in [9.17, 15) is 36.4 Å². The Morgan fingerprint density at radius 3 is 1.58 bits per heavy atom. The monoisotopic (exact) mass is 286 g/mol. The molecule has 1 aromatic rings. The van der Waals surface area contributed by atoms with Gasteiger partial charge in [-0.05, 0) is 0 Å². The molecule has 106 valence electrons. The van der Waals surface area contributed by atoms with Crippen LogP contribution in [0, 0.1) is 0 Å². The number of hydrogen-bond donors (Lipinski definition) is 0. The van der Waals surface area contributed by atoms with Crippen LogP contribution < -0.4 is 10.0 Å². The van der Waals surface area contributed by atoms with Crippen LogP contribution in [0.2, 0.25) is 0 Å². The molecule has 0 amide bonds. The molecule has 0 aromatic heterocycles. The summed E-state index contributed by atoms with van der Waals surface area (Å²) in [7, 11) is -3.75. The number of alkyl halides is 6. The number of halogens is 6. The zero-order valence-electron chi connectivity index (χ0n) is 8.96. The fourth-order valence-corrected chi connectivity index (χ4v) is 1.51. The van der Waals surface area contributed by atoms with Crippen LogP contribution in [0.5, 0.6) is 0 Å². The fraction of sp³-hybridized carbons (Fsp3) is 0.333. The summed E-state index contributed by atoms with van der Waals surface area (Å²) in [5.74, 6) is 0. The Morgan fingerprint density at radius 1 is 0.842 bits per heavy atom. The Balaban J connectivity index is 3.54. The van der Waals surface area contributed by atoms with Gasteiger partial charge >= 0.3 is 12.4 Å². The summed E-state index contributed by atoms with van der Waals surface area (Å²) in [6.07, 6.45) is -12.0. The van der Waals surface area contributed by atoms with Crippen molar-refractivity contribution in [1.82, 2.24) is 0 Å². The molecule has 0 fully saturated rings. The average molecular weight is 286 g/mol. The first-order valence-corrected chi connectivity index (χ1v) is 4.71. The van der Waals surface area contributed by atoms with Crippen molar-refractivity contribution in [2.45, 2.75) is 18.0 Å². The number of hydrogen-bond acceptors (Lipinski definition) is 3. The summed E-state index contributed by atoms with van der Waals surface area (Å²) < 4.78 is 80.0. The van der Waals surface area contributed by atoms with E-state index in [1.54, 1.807) is 0 Å². The van der Waals surface area contributed by atoms with Crippen molar-refractivity contribution in [3.05, 3.63) is 35.9 Å². The third kappa shape index (κ3) is 2.85. The van der Waals surface area contributed by atoms with Crippen molar-refractivity contribution in [2.75, 3.05) is 0 Å². The summed E-state index contributed by atoms with van der Waals surface area (Å²) in [5.41, 5.74) is -6.32. The van der Waals surface area contributed by atoms with Gasteiger partial charge in [-0.3, -0.25) is 0 Å². The lowest BCUT2D eigenvalue weighted by molar-refractivity contribution is -0.437. The molecule has 0 bridgehead atoms. The molecule has 0 aliphatic heterocycles. The van der Waals surface area contributed by atoms with Gasteiger partial charge in [0.1, 0.15) is 0 Å². The highest BCUT2D eigenvalue weighted by Crippen LogP contribution is 2.52. The summed E-state index contributed by atoms with van der Waals surface area (Å²) in [5, 5.41) is 20.5. The Hall–Kier alpha value is -1.26. The predicted molar refractivity (Wildman–Crippen MR) is 47.1 cm³/mol. The van der Waals surface area contributed by atoms with Crippen LogP contribution in [0.1, 0.15) is 5.56 Å². The normalized spacial score (nSPS) is 13.5. The van der Waals surface area contributed by atoms with Gasteiger partial charge in [-0.2, -0.15) is 26.3 Å². The third-order valence-electron chi connectivity index (χ3n) is 2.25.